The highest BCUT2D eigenvalue weighted by atomic mass is 35.5. The van der Waals surface area contributed by atoms with Gasteiger partial charge in [-0.25, -0.2) is 0 Å². The lowest BCUT2D eigenvalue weighted by molar-refractivity contribution is 1.30. The smallest absolute Gasteiger partial charge is 0.101 e. The number of rotatable bonds is 1. The predicted octanol–water partition coefficient (Wildman–Crippen LogP) is 4.58. The standard InChI is InChI=1S/C12H5Cl3N2/c13-8-3-9(12(15)10(14)4-8)11-2-1-7(5-16)6-17-11/h1-4,6H. The minimum Gasteiger partial charge on any atom is -0.255 e. The van der Waals surface area contributed by atoms with E-state index in [9.17, 15) is 0 Å². The van der Waals surface area contributed by atoms with Crippen molar-refractivity contribution in [2.75, 3.05) is 0 Å². The summed E-state index contributed by atoms with van der Waals surface area (Å²) in [4.78, 5) is 4.14. The topological polar surface area (TPSA) is 36.7 Å². The molecule has 2 nitrogen and oxygen atoms in total. The SMILES string of the molecule is N#Cc1ccc(-c2cc(Cl)cc(Cl)c2Cl)nc1. The zero-order chi connectivity index (χ0) is 12.4. The molecule has 0 aliphatic carbocycles. The van der Waals surface area contributed by atoms with Crippen molar-refractivity contribution in [1.82, 2.24) is 4.98 Å². The Balaban J connectivity index is 2.56. The molecule has 0 bridgehead atoms. The van der Waals surface area contributed by atoms with Crippen LogP contribution in [0.15, 0.2) is 30.5 Å². The Bertz CT molecular complexity index is 600. The van der Waals surface area contributed by atoms with Crippen molar-refractivity contribution in [1.29, 1.82) is 5.26 Å². The number of nitrogens with zero attached hydrogens (tertiary/aromatic N) is 2. The first-order valence-corrected chi connectivity index (χ1v) is 5.76. The molecule has 0 saturated heterocycles. The lowest BCUT2D eigenvalue weighted by Crippen LogP contribution is -1.86. The van der Waals surface area contributed by atoms with E-state index in [1.165, 1.54) is 6.20 Å². The van der Waals surface area contributed by atoms with Crippen molar-refractivity contribution in [3.63, 3.8) is 0 Å². The number of halogens is 3. The van der Waals surface area contributed by atoms with E-state index in [1.807, 2.05) is 6.07 Å². The van der Waals surface area contributed by atoms with Gasteiger partial charge in [0.2, 0.25) is 0 Å². The van der Waals surface area contributed by atoms with Gasteiger partial charge in [0.1, 0.15) is 6.07 Å². The first-order valence-electron chi connectivity index (χ1n) is 4.63. The zero-order valence-electron chi connectivity index (χ0n) is 8.42. The minimum absolute atomic E-state index is 0.375. The summed E-state index contributed by atoms with van der Waals surface area (Å²) in [5, 5.41) is 9.94. The van der Waals surface area contributed by atoms with Crippen LogP contribution in [-0.4, -0.2) is 4.98 Å². The van der Waals surface area contributed by atoms with Crippen molar-refractivity contribution in [2.24, 2.45) is 0 Å². The second-order valence-electron chi connectivity index (χ2n) is 3.29. The largest absolute Gasteiger partial charge is 0.255 e. The fourth-order valence-corrected chi connectivity index (χ4v) is 2.06. The maximum atomic E-state index is 8.68. The van der Waals surface area contributed by atoms with Gasteiger partial charge < -0.3 is 0 Å². The monoisotopic (exact) mass is 282 g/mol. The van der Waals surface area contributed by atoms with Crippen LogP contribution in [-0.2, 0) is 0 Å². The fourth-order valence-electron chi connectivity index (χ4n) is 1.36. The summed E-state index contributed by atoms with van der Waals surface area (Å²) < 4.78 is 0. The Hall–Kier alpha value is -1.27. The van der Waals surface area contributed by atoms with Crippen LogP contribution in [0.1, 0.15) is 5.56 Å². The molecule has 2 aromatic rings. The van der Waals surface area contributed by atoms with Crippen LogP contribution >= 0.6 is 34.8 Å². The van der Waals surface area contributed by atoms with Gasteiger partial charge in [-0.2, -0.15) is 5.26 Å². The average molecular weight is 284 g/mol. The molecule has 0 fully saturated rings. The third-order valence-corrected chi connectivity index (χ3v) is 3.18. The van der Waals surface area contributed by atoms with Crippen molar-refractivity contribution < 1.29 is 0 Å². The predicted molar refractivity (Wildman–Crippen MR) is 69.4 cm³/mol. The first-order chi connectivity index (χ1) is 8.11. The number of benzene rings is 1. The van der Waals surface area contributed by atoms with Crippen LogP contribution in [0.25, 0.3) is 11.3 Å². The number of pyridine rings is 1. The Morgan fingerprint density at radius 2 is 1.88 bits per heavy atom. The molecule has 0 unspecified atom stereocenters. The molecule has 5 heteroatoms. The Morgan fingerprint density at radius 3 is 2.47 bits per heavy atom. The van der Waals surface area contributed by atoms with Crippen molar-refractivity contribution >= 4 is 34.8 Å². The van der Waals surface area contributed by atoms with Gasteiger partial charge >= 0.3 is 0 Å². The molecule has 0 spiro atoms. The highest BCUT2D eigenvalue weighted by Gasteiger charge is 2.10. The maximum Gasteiger partial charge on any atom is 0.101 e. The van der Waals surface area contributed by atoms with E-state index in [0.29, 0.717) is 31.9 Å². The Morgan fingerprint density at radius 1 is 1.12 bits per heavy atom. The van der Waals surface area contributed by atoms with Crippen LogP contribution in [0.3, 0.4) is 0 Å². The van der Waals surface area contributed by atoms with E-state index >= 15 is 0 Å². The number of nitriles is 1. The summed E-state index contributed by atoms with van der Waals surface area (Å²) in [5.41, 5.74) is 1.75. The first kappa shape index (κ1) is 12.2. The van der Waals surface area contributed by atoms with E-state index in [-0.39, 0.29) is 0 Å². The summed E-state index contributed by atoms with van der Waals surface area (Å²) in [7, 11) is 0. The van der Waals surface area contributed by atoms with Crippen LogP contribution in [0, 0.1) is 11.3 Å². The third-order valence-electron chi connectivity index (χ3n) is 2.16. The van der Waals surface area contributed by atoms with E-state index in [0.717, 1.165) is 0 Å². The summed E-state index contributed by atoms with van der Waals surface area (Å²) in [6.07, 6.45) is 1.47. The molecule has 1 aromatic heterocycles. The van der Waals surface area contributed by atoms with Crippen LogP contribution in [0.5, 0.6) is 0 Å². The van der Waals surface area contributed by atoms with Gasteiger partial charge in [-0.1, -0.05) is 34.8 Å². The van der Waals surface area contributed by atoms with Gasteiger partial charge in [0.25, 0.3) is 0 Å². The molecule has 2 rings (SSSR count). The van der Waals surface area contributed by atoms with Gasteiger partial charge in [0.05, 0.1) is 21.3 Å². The van der Waals surface area contributed by atoms with E-state index in [1.54, 1.807) is 24.3 Å². The summed E-state index contributed by atoms with van der Waals surface area (Å²) in [6, 6.07) is 8.61. The minimum atomic E-state index is 0.375. The Labute approximate surface area is 113 Å². The molecule has 1 heterocycles. The van der Waals surface area contributed by atoms with Gasteiger partial charge in [0, 0.05) is 16.8 Å². The second kappa shape index (κ2) is 4.93. The molecule has 0 aliphatic rings. The maximum absolute atomic E-state index is 8.68. The van der Waals surface area contributed by atoms with Gasteiger partial charge in [-0.15, -0.1) is 0 Å². The molecule has 1 aromatic carbocycles. The molecule has 0 atom stereocenters. The van der Waals surface area contributed by atoms with Gasteiger partial charge in [-0.05, 0) is 24.3 Å². The van der Waals surface area contributed by atoms with Crippen molar-refractivity contribution in [2.45, 2.75) is 0 Å². The number of hydrogen-bond acceptors (Lipinski definition) is 2. The molecular formula is C12H5Cl3N2. The molecule has 0 N–H and O–H groups in total. The van der Waals surface area contributed by atoms with Gasteiger partial charge in [-0.3, -0.25) is 4.98 Å². The van der Waals surface area contributed by atoms with E-state index < -0.39 is 0 Å². The molecule has 0 radical (unpaired) electrons. The van der Waals surface area contributed by atoms with Crippen LogP contribution in [0.2, 0.25) is 15.1 Å². The van der Waals surface area contributed by atoms with E-state index in [4.69, 9.17) is 40.1 Å². The lowest BCUT2D eigenvalue weighted by atomic mass is 10.1. The molecular weight excluding hydrogens is 279 g/mol. The second-order valence-corrected chi connectivity index (χ2v) is 4.51. The Kier molecular flexibility index (Phi) is 3.54. The molecule has 0 amide bonds. The third kappa shape index (κ3) is 2.53. The van der Waals surface area contributed by atoms with Crippen molar-refractivity contribution in [3.05, 3.63) is 51.1 Å². The summed E-state index contributed by atoms with van der Waals surface area (Å²) in [5.74, 6) is 0. The van der Waals surface area contributed by atoms with Gasteiger partial charge in [0.15, 0.2) is 0 Å². The zero-order valence-corrected chi connectivity index (χ0v) is 10.7. The quantitative estimate of drug-likeness (QED) is 0.718. The van der Waals surface area contributed by atoms with Crippen LogP contribution in [0.4, 0.5) is 0 Å². The summed E-state index contributed by atoms with van der Waals surface area (Å²) in [6.45, 7) is 0. The normalized spacial score (nSPS) is 10.0. The highest BCUT2D eigenvalue weighted by molar-refractivity contribution is 6.45. The van der Waals surface area contributed by atoms with E-state index in [2.05, 4.69) is 4.98 Å². The molecule has 0 aliphatic heterocycles. The highest BCUT2D eigenvalue weighted by Crippen LogP contribution is 2.35. The number of aromatic nitrogens is 1. The molecule has 17 heavy (non-hydrogen) atoms. The lowest BCUT2D eigenvalue weighted by Gasteiger charge is -2.06. The summed E-state index contributed by atoms with van der Waals surface area (Å²) >= 11 is 17.9. The number of hydrogen-bond donors (Lipinski definition) is 0. The van der Waals surface area contributed by atoms with Crippen molar-refractivity contribution in [3.8, 4) is 17.3 Å². The van der Waals surface area contributed by atoms with Crippen LogP contribution < -0.4 is 0 Å². The molecule has 0 saturated carbocycles. The molecule has 84 valence electrons. The average Bonchev–Trinajstić information content (AvgIpc) is 2.34. The fraction of sp³-hybridized carbons (Fsp3) is 0.